The van der Waals surface area contributed by atoms with Gasteiger partial charge in [-0.15, -0.1) is 0 Å². The van der Waals surface area contributed by atoms with Crippen LogP contribution in [0.5, 0.6) is 0 Å². The van der Waals surface area contributed by atoms with Crippen LogP contribution >= 0.6 is 22.6 Å². The lowest BCUT2D eigenvalue weighted by molar-refractivity contribution is 0.589. The first-order chi connectivity index (χ1) is 7.27. The van der Waals surface area contributed by atoms with Crippen molar-refractivity contribution in [1.82, 2.24) is 9.97 Å². The molecule has 0 radical (unpaired) electrons. The SMILES string of the molecule is CNc1nc(C(C)S(C)(=O)=O)nc(C)c1I. The highest BCUT2D eigenvalue weighted by molar-refractivity contribution is 14.1. The van der Waals surface area contributed by atoms with Crippen molar-refractivity contribution >= 4 is 38.2 Å². The Hall–Kier alpha value is -0.440. The summed E-state index contributed by atoms with van der Waals surface area (Å²) in [5.74, 6) is 1.00. The number of anilines is 1. The zero-order chi connectivity index (χ0) is 12.5. The quantitative estimate of drug-likeness (QED) is 0.833. The number of hydrogen-bond acceptors (Lipinski definition) is 5. The van der Waals surface area contributed by atoms with Crippen LogP contribution < -0.4 is 5.32 Å². The van der Waals surface area contributed by atoms with Gasteiger partial charge in [0.1, 0.15) is 16.9 Å². The topological polar surface area (TPSA) is 72.0 Å². The van der Waals surface area contributed by atoms with Gasteiger partial charge in [0.25, 0.3) is 0 Å². The second-order valence-electron chi connectivity index (χ2n) is 3.55. The van der Waals surface area contributed by atoms with Gasteiger partial charge in [-0.05, 0) is 36.4 Å². The Bertz CT molecular complexity index is 502. The zero-order valence-corrected chi connectivity index (χ0v) is 12.5. The van der Waals surface area contributed by atoms with Gasteiger partial charge >= 0.3 is 0 Å². The van der Waals surface area contributed by atoms with Crippen molar-refractivity contribution in [2.75, 3.05) is 18.6 Å². The fraction of sp³-hybridized carbons (Fsp3) is 0.556. The van der Waals surface area contributed by atoms with E-state index in [-0.39, 0.29) is 0 Å². The normalized spacial score (nSPS) is 13.6. The van der Waals surface area contributed by atoms with Gasteiger partial charge in [0, 0.05) is 13.3 Å². The summed E-state index contributed by atoms with van der Waals surface area (Å²) in [6.07, 6.45) is 1.19. The summed E-state index contributed by atoms with van der Waals surface area (Å²) in [5.41, 5.74) is 0.783. The minimum absolute atomic E-state index is 0.338. The van der Waals surface area contributed by atoms with Crippen LogP contribution in [0.1, 0.15) is 23.7 Å². The van der Waals surface area contributed by atoms with E-state index in [2.05, 4.69) is 37.9 Å². The lowest BCUT2D eigenvalue weighted by Gasteiger charge is -2.12. The Morgan fingerprint density at radius 1 is 1.38 bits per heavy atom. The molecule has 0 aliphatic rings. The monoisotopic (exact) mass is 355 g/mol. The van der Waals surface area contributed by atoms with Crippen molar-refractivity contribution in [3.8, 4) is 0 Å². The highest BCUT2D eigenvalue weighted by Crippen LogP contribution is 2.23. The summed E-state index contributed by atoms with van der Waals surface area (Å²) < 4.78 is 23.8. The molecule has 0 saturated carbocycles. The summed E-state index contributed by atoms with van der Waals surface area (Å²) in [7, 11) is -1.42. The number of nitrogens with one attached hydrogen (secondary N) is 1. The molecule has 16 heavy (non-hydrogen) atoms. The minimum atomic E-state index is -3.17. The van der Waals surface area contributed by atoms with Crippen molar-refractivity contribution in [1.29, 1.82) is 0 Å². The summed E-state index contributed by atoms with van der Waals surface area (Å²) >= 11 is 2.13. The second kappa shape index (κ2) is 4.82. The third kappa shape index (κ3) is 2.82. The first-order valence-corrected chi connectivity index (χ1v) is 7.71. The number of rotatable bonds is 3. The molecule has 0 aliphatic heterocycles. The van der Waals surface area contributed by atoms with Crippen molar-refractivity contribution in [3.63, 3.8) is 0 Å². The zero-order valence-electron chi connectivity index (χ0n) is 9.57. The van der Waals surface area contributed by atoms with Gasteiger partial charge in [-0.25, -0.2) is 18.4 Å². The average molecular weight is 355 g/mol. The highest BCUT2D eigenvalue weighted by Gasteiger charge is 2.22. The minimum Gasteiger partial charge on any atom is -0.372 e. The summed E-state index contributed by atoms with van der Waals surface area (Å²) in [5, 5.41) is 2.24. The predicted molar refractivity (Wildman–Crippen MR) is 72.3 cm³/mol. The van der Waals surface area contributed by atoms with E-state index in [0.29, 0.717) is 11.6 Å². The molecule has 0 saturated heterocycles. The van der Waals surface area contributed by atoms with E-state index >= 15 is 0 Å². The van der Waals surface area contributed by atoms with Crippen LogP contribution in [0.2, 0.25) is 0 Å². The van der Waals surface area contributed by atoms with Crippen molar-refractivity contribution in [2.45, 2.75) is 19.1 Å². The number of aromatic nitrogens is 2. The van der Waals surface area contributed by atoms with E-state index in [1.807, 2.05) is 6.92 Å². The molecule has 1 aromatic heterocycles. The summed E-state index contributed by atoms with van der Waals surface area (Å²) in [4.78, 5) is 8.42. The van der Waals surface area contributed by atoms with Crippen LogP contribution in [0.15, 0.2) is 0 Å². The molecule has 1 aromatic rings. The number of nitrogens with zero attached hydrogens (tertiary/aromatic N) is 2. The molecule has 0 spiro atoms. The molecule has 7 heteroatoms. The van der Waals surface area contributed by atoms with Crippen molar-refractivity contribution in [3.05, 3.63) is 15.1 Å². The van der Waals surface area contributed by atoms with Gasteiger partial charge in [0.05, 0.1) is 9.26 Å². The van der Waals surface area contributed by atoms with Crippen LogP contribution in [0.25, 0.3) is 0 Å². The van der Waals surface area contributed by atoms with Gasteiger partial charge in [0.15, 0.2) is 9.84 Å². The number of aryl methyl sites for hydroxylation is 1. The largest absolute Gasteiger partial charge is 0.372 e. The van der Waals surface area contributed by atoms with E-state index in [0.717, 1.165) is 9.26 Å². The highest BCUT2D eigenvalue weighted by atomic mass is 127. The third-order valence-electron chi connectivity index (χ3n) is 2.28. The fourth-order valence-corrected chi connectivity index (χ4v) is 2.12. The molecular formula is C9H14IN3O2S. The average Bonchev–Trinajstić information content (AvgIpc) is 2.19. The van der Waals surface area contributed by atoms with Crippen LogP contribution in [0.4, 0.5) is 5.82 Å². The van der Waals surface area contributed by atoms with E-state index in [1.54, 1.807) is 14.0 Å². The van der Waals surface area contributed by atoms with Gasteiger partial charge in [-0.1, -0.05) is 0 Å². The molecule has 0 aliphatic carbocycles. The van der Waals surface area contributed by atoms with Crippen LogP contribution in [-0.4, -0.2) is 31.7 Å². The van der Waals surface area contributed by atoms with E-state index in [1.165, 1.54) is 6.26 Å². The molecule has 5 nitrogen and oxygen atoms in total. The predicted octanol–water partition coefficient (Wildman–Crippen LogP) is 1.54. The number of halogens is 1. The Kier molecular flexibility index (Phi) is 4.11. The standard InChI is InChI=1S/C9H14IN3O2S/c1-5-7(10)9(11-3)13-8(12-5)6(2)16(4,14)15/h6H,1-4H3,(H,11,12,13). The van der Waals surface area contributed by atoms with E-state index < -0.39 is 15.1 Å². The molecular weight excluding hydrogens is 341 g/mol. The molecule has 0 aromatic carbocycles. The van der Waals surface area contributed by atoms with Crippen LogP contribution in [0, 0.1) is 10.5 Å². The molecule has 1 N–H and O–H groups in total. The Labute approximate surface area is 109 Å². The second-order valence-corrected chi connectivity index (χ2v) is 7.00. The molecule has 1 unspecified atom stereocenters. The van der Waals surface area contributed by atoms with E-state index in [9.17, 15) is 8.42 Å². The maximum atomic E-state index is 11.4. The molecule has 90 valence electrons. The molecule has 0 fully saturated rings. The maximum Gasteiger partial charge on any atom is 0.157 e. The molecule has 0 bridgehead atoms. The van der Waals surface area contributed by atoms with Crippen LogP contribution in [0.3, 0.4) is 0 Å². The van der Waals surface area contributed by atoms with Gasteiger partial charge in [-0.3, -0.25) is 0 Å². The molecule has 1 heterocycles. The van der Waals surface area contributed by atoms with E-state index in [4.69, 9.17) is 0 Å². The summed E-state index contributed by atoms with van der Waals surface area (Å²) in [6.45, 7) is 3.43. The lowest BCUT2D eigenvalue weighted by Crippen LogP contribution is -2.14. The molecule has 1 rings (SSSR count). The number of sulfone groups is 1. The summed E-state index contributed by atoms with van der Waals surface area (Å²) in [6, 6.07) is 0. The Morgan fingerprint density at radius 2 is 1.94 bits per heavy atom. The lowest BCUT2D eigenvalue weighted by atomic mass is 10.3. The molecule has 1 atom stereocenters. The van der Waals surface area contributed by atoms with Crippen molar-refractivity contribution < 1.29 is 8.42 Å². The Balaban J connectivity index is 3.32. The Morgan fingerprint density at radius 3 is 2.38 bits per heavy atom. The molecule has 0 amide bonds. The smallest absolute Gasteiger partial charge is 0.157 e. The third-order valence-corrected chi connectivity index (χ3v) is 5.06. The van der Waals surface area contributed by atoms with Gasteiger partial charge in [0.2, 0.25) is 0 Å². The first kappa shape index (κ1) is 13.6. The first-order valence-electron chi connectivity index (χ1n) is 4.68. The van der Waals surface area contributed by atoms with Gasteiger partial charge < -0.3 is 5.32 Å². The fourth-order valence-electron chi connectivity index (χ4n) is 1.12. The van der Waals surface area contributed by atoms with Crippen LogP contribution in [-0.2, 0) is 9.84 Å². The maximum absolute atomic E-state index is 11.4. The van der Waals surface area contributed by atoms with Gasteiger partial charge in [-0.2, -0.15) is 0 Å². The van der Waals surface area contributed by atoms with Crippen molar-refractivity contribution in [2.24, 2.45) is 0 Å². The number of hydrogen-bond donors (Lipinski definition) is 1.